The number of hydrogen-bond donors (Lipinski definition) is 0. The summed E-state index contributed by atoms with van der Waals surface area (Å²) in [6, 6.07) is 0. The Balaban J connectivity index is 3.90. The molecule has 0 aliphatic rings. The van der Waals surface area contributed by atoms with Crippen molar-refractivity contribution in [3.05, 3.63) is 0 Å². The molecule has 2 atom stereocenters. The van der Waals surface area contributed by atoms with E-state index in [0.29, 0.717) is 0 Å². The zero-order valence-corrected chi connectivity index (χ0v) is 9.65. The normalized spacial score (nSPS) is 18.2. The van der Waals surface area contributed by atoms with Gasteiger partial charge in [-0.2, -0.15) is 4.20 Å². The maximum atomic E-state index is 13.0. The van der Waals surface area contributed by atoms with Crippen LogP contribution in [0.25, 0.3) is 0 Å². The summed E-state index contributed by atoms with van der Waals surface area (Å²) in [4.78, 5) is 0. The molecule has 0 aromatic heterocycles. The van der Waals surface area contributed by atoms with Crippen LogP contribution in [0.5, 0.6) is 0 Å². The van der Waals surface area contributed by atoms with Gasteiger partial charge in [-0.1, -0.05) is 33.6 Å². The molecule has 80 valence electrons. The molecule has 0 heterocycles. The molecular weight excluding hydrogens is 190 g/mol. The minimum atomic E-state index is -3.79. The van der Waals surface area contributed by atoms with Crippen LogP contribution in [-0.2, 0) is 9.09 Å². The molecule has 0 amide bonds. The van der Waals surface area contributed by atoms with Crippen molar-refractivity contribution >= 4 is 7.68 Å². The zero-order chi connectivity index (χ0) is 10.3. The molecule has 0 saturated carbocycles. The summed E-state index contributed by atoms with van der Waals surface area (Å²) in [5.74, 6) is 0. The van der Waals surface area contributed by atoms with Crippen molar-refractivity contribution in [2.75, 3.05) is 6.16 Å². The Labute approximate surface area is 80.4 Å². The summed E-state index contributed by atoms with van der Waals surface area (Å²) in [6.45, 7) is 5.55. The van der Waals surface area contributed by atoms with Gasteiger partial charge < -0.3 is 4.52 Å². The SMILES string of the molecule is CCCCC(CC)OP(=O)(F)CC. The van der Waals surface area contributed by atoms with Crippen molar-refractivity contribution in [1.82, 2.24) is 0 Å². The number of halogens is 1. The fraction of sp³-hybridized carbons (Fsp3) is 1.00. The van der Waals surface area contributed by atoms with E-state index in [0.717, 1.165) is 25.7 Å². The second-order valence-electron chi connectivity index (χ2n) is 3.18. The Hall–Kier alpha value is 0.120. The molecule has 0 fully saturated rings. The Morgan fingerprint density at radius 2 is 2.00 bits per heavy atom. The van der Waals surface area contributed by atoms with Crippen molar-refractivity contribution in [1.29, 1.82) is 0 Å². The summed E-state index contributed by atoms with van der Waals surface area (Å²) < 4.78 is 29.0. The fourth-order valence-electron chi connectivity index (χ4n) is 1.06. The molecule has 0 rings (SSSR count). The van der Waals surface area contributed by atoms with E-state index in [4.69, 9.17) is 4.52 Å². The fourth-order valence-corrected chi connectivity index (χ4v) is 1.91. The van der Waals surface area contributed by atoms with E-state index in [1.54, 1.807) is 6.92 Å². The number of unbranched alkanes of at least 4 members (excludes halogenated alkanes) is 1. The van der Waals surface area contributed by atoms with E-state index in [1.165, 1.54) is 0 Å². The number of rotatable bonds is 7. The highest BCUT2D eigenvalue weighted by atomic mass is 31.2. The van der Waals surface area contributed by atoms with Crippen molar-refractivity contribution in [3.63, 3.8) is 0 Å². The first-order valence-corrected chi connectivity index (χ1v) is 6.72. The molecule has 2 unspecified atom stereocenters. The highest BCUT2D eigenvalue weighted by Crippen LogP contribution is 2.50. The Kier molecular flexibility index (Phi) is 6.62. The Morgan fingerprint density at radius 1 is 1.38 bits per heavy atom. The van der Waals surface area contributed by atoms with Crippen LogP contribution in [-0.4, -0.2) is 12.3 Å². The second kappa shape index (κ2) is 6.56. The van der Waals surface area contributed by atoms with E-state index in [9.17, 15) is 8.76 Å². The standard InChI is InChI=1S/C9H20FO2P/c1-4-7-8-9(5-2)12-13(10,11)6-3/h9H,4-8H2,1-3H3. The van der Waals surface area contributed by atoms with Crippen LogP contribution in [0, 0.1) is 0 Å². The third kappa shape index (κ3) is 6.23. The van der Waals surface area contributed by atoms with Gasteiger partial charge in [0.2, 0.25) is 0 Å². The molecule has 0 N–H and O–H groups in total. The average molecular weight is 210 g/mol. The highest BCUT2D eigenvalue weighted by Gasteiger charge is 2.23. The van der Waals surface area contributed by atoms with Crippen LogP contribution >= 0.6 is 7.68 Å². The van der Waals surface area contributed by atoms with E-state index in [-0.39, 0.29) is 12.3 Å². The van der Waals surface area contributed by atoms with Crippen LogP contribution in [0.15, 0.2) is 0 Å². The minimum Gasteiger partial charge on any atom is -0.302 e. The molecule has 0 radical (unpaired) electrons. The van der Waals surface area contributed by atoms with Gasteiger partial charge in [-0.15, -0.1) is 0 Å². The van der Waals surface area contributed by atoms with Crippen molar-refractivity contribution in [3.8, 4) is 0 Å². The first-order valence-electron chi connectivity index (χ1n) is 5.02. The molecule has 4 heteroatoms. The van der Waals surface area contributed by atoms with E-state index in [2.05, 4.69) is 6.92 Å². The predicted molar refractivity (Wildman–Crippen MR) is 53.9 cm³/mol. The van der Waals surface area contributed by atoms with Crippen LogP contribution in [0.1, 0.15) is 46.5 Å². The van der Waals surface area contributed by atoms with Gasteiger partial charge in [-0.25, -0.2) is 0 Å². The summed E-state index contributed by atoms with van der Waals surface area (Å²) >= 11 is 0. The quantitative estimate of drug-likeness (QED) is 0.590. The Morgan fingerprint density at radius 3 is 2.38 bits per heavy atom. The zero-order valence-electron chi connectivity index (χ0n) is 8.75. The molecule has 0 bridgehead atoms. The first kappa shape index (κ1) is 13.1. The van der Waals surface area contributed by atoms with Gasteiger partial charge >= 0.3 is 7.68 Å². The van der Waals surface area contributed by atoms with Crippen molar-refractivity contribution < 1.29 is 13.3 Å². The van der Waals surface area contributed by atoms with Crippen LogP contribution in [0.4, 0.5) is 4.20 Å². The summed E-state index contributed by atoms with van der Waals surface area (Å²) in [5, 5.41) is 0. The van der Waals surface area contributed by atoms with Crippen LogP contribution in [0.2, 0.25) is 0 Å². The second-order valence-corrected chi connectivity index (χ2v) is 5.21. The predicted octanol–water partition coefficient (Wildman–Crippen LogP) is 4.15. The lowest BCUT2D eigenvalue weighted by atomic mass is 10.1. The van der Waals surface area contributed by atoms with Crippen LogP contribution < -0.4 is 0 Å². The lowest BCUT2D eigenvalue weighted by molar-refractivity contribution is 0.172. The molecule has 0 spiro atoms. The third-order valence-electron chi connectivity index (χ3n) is 2.02. The van der Waals surface area contributed by atoms with Gasteiger partial charge in [0.25, 0.3) is 0 Å². The molecular formula is C9H20FO2P. The maximum absolute atomic E-state index is 13.0. The summed E-state index contributed by atoms with van der Waals surface area (Å²) in [6.07, 6.45) is 3.41. The number of hydrogen-bond acceptors (Lipinski definition) is 2. The van der Waals surface area contributed by atoms with Crippen LogP contribution in [0.3, 0.4) is 0 Å². The topological polar surface area (TPSA) is 26.3 Å². The van der Waals surface area contributed by atoms with Gasteiger partial charge in [-0.3, -0.25) is 4.57 Å². The van der Waals surface area contributed by atoms with E-state index in [1.807, 2.05) is 6.92 Å². The van der Waals surface area contributed by atoms with Crippen molar-refractivity contribution in [2.45, 2.75) is 52.6 Å². The molecule has 0 aromatic carbocycles. The largest absolute Gasteiger partial charge is 0.367 e. The molecule has 0 aromatic rings. The summed E-state index contributed by atoms with van der Waals surface area (Å²) in [7, 11) is -3.79. The van der Waals surface area contributed by atoms with E-state index < -0.39 is 7.68 Å². The molecule has 13 heavy (non-hydrogen) atoms. The highest BCUT2D eigenvalue weighted by molar-refractivity contribution is 7.53. The maximum Gasteiger partial charge on any atom is 0.367 e. The summed E-state index contributed by atoms with van der Waals surface area (Å²) in [5.41, 5.74) is 0. The van der Waals surface area contributed by atoms with Gasteiger partial charge in [0, 0.05) is 0 Å². The van der Waals surface area contributed by atoms with Gasteiger partial charge in [0.1, 0.15) is 0 Å². The lowest BCUT2D eigenvalue weighted by Gasteiger charge is -2.17. The smallest absolute Gasteiger partial charge is 0.302 e. The first-order chi connectivity index (χ1) is 6.05. The monoisotopic (exact) mass is 210 g/mol. The molecule has 0 saturated heterocycles. The lowest BCUT2D eigenvalue weighted by Crippen LogP contribution is -2.09. The Bertz CT molecular complexity index is 173. The molecule has 0 aliphatic carbocycles. The molecule has 2 nitrogen and oxygen atoms in total. The molecule has 0 aliphatic heterocycles. The minimum absolute atomic E-state index is 0.0182. The van der Waals surface area contributed by atoms with Gasteiger partial charge in [0.15, 0.2) is 0 Å². The average Bonchev–Trinajstić information content (AvgIpc) is 2.12. The van der Waals surface area contributed by atoms with E-state index >= 15 is 0 Å². The third-order valence-corrected chi connectivity index (χ3v) is 3.39. The van der Waals surface area contributed by atoms with Gasteiger partial charge in [-0.05, 0) is 12.8 Å². The van der Waals surface area contributed by atoms with Gasteiger partial charge in [0.05, 0.1) is 12.3 Å². The van der Waals surface area contributed by atoms with Crippen molar-refractivity contribution in [2.24, 2.45) is 0 Å².